The molecule has 0 aliphatic carbocycles. The van der Waals surface area contributed by atoms with Gasteiger partial charge in [-0.15, -0.1) is 11.3 Å². The molecule has 0 radical (unpaired) electrons. The van der Waals surface area contributed by atoms with Gasteiger partial charge in [-0.25, -0.2) is 4.79 Å². The molecule has 0 N–H and O–H groups in total. The number of esters is 1. The minimum atomic E-state index is -0.438. The summed E-state index contributed by atoms with van der Waals surface area (Å²) in [4.78, 5) is 23.1. The zero-order chi connectivity index (χ0) is 12.3. The van der Waals surface area contributed by atoms with Crippen molar-refractivity contribution in [3.05, 3.63) is 51.7 Å². The van der Waals surface area contributed by atoms with Crippen LogP contribution in [0.2, 0.25) is 0 Å². The highest BCUT2D eigenvalue weighted by Crippen LogP contribution is 2.18. The van der Waals surface area contributed by atoms with Crippen molar-refractivity contribution in [2.75, 3.05) is 0 Å². The number of thiophene rings is 1. The number of hydrogen-bond acceptors (Lipinski definition) is 4. The molecule has 0 atom stereocenters. The number of benzene rings is 1. The van der Waals surface area contributed by atoms with Crippen molar-refractivity contribution in [3.8, 4) is 5.75 Å². The molecule has 0 saturated heterocycles. The molecule has 0 unspecified atom stereocenters. The van der Waals surface area contributed by atoms with E-state index in [4.69, 9.17) is 4.74 Å². The average molecular weight is 246 g/mol. The molecule has 2 aromatic rings. The maximum Gasteiger partial charge on any atom is 0.353 e. The molecule has 0 amide bonds. The first-order chi connectivity index (χ1) is 8.19. The number of aldehydes is 1. The normalized spacial score (nSPS) is 9.94. The standard InChI is InChI=1S/C13H10O3S/c1-9-2-4-10(5-3-9)16-13(15)12-7-6-11(8-14)17-12/h2-8H,1H3. The van der Waals surface area contributed by atoms with E-state index < -0.39 is 5.97 Å². The van der Waals surface area contributed by atoms with Gasteiger partial charge in [0.25, 0.3) is 0 Å². The van der Waals surface area contributed by atoms with E-state index in [0.29, 0.717) is 21.8 Å². The van der Waals surface area contributed by atoms with E-state index in [-0.39, 0.29) is 0 Å². The summed E-state index contributed by atoms with van der Waals surface area (Å²) in [6, 6.07) is 10.4. The monoisotopic (exact) mass is 246 g/mol. The first-order valence-corrected chi connectivity index (χ1v) is 5.84. The molecule has 1 aromatic carbocycles. The summed E-state index contributed by atoms with van der Waals surface area (Å²) in [5.74, 6) is 0.0635. The van der Waals surface area contributed by atoms with E-state index >= 15 is 0 Å². The van der Waals surface area contributed by atoms with Gasteiger partial charge >= 0.3 is 5.97 Å². The second-order valence-corrected chi connectivity index (χ2v) is 4.64. The van der Waals surface area contributed by atoms with Gasteiger partial charge in [0.1, 0.15) is 10.6 Å². The zero-order valence-corrected chi connectivity index (χ0v) is 9.99. The van der Waals surface area contributed by atoms with Crippen LogP contribution in [0, 0.1) is 6.92 Å². The quantitative estimate of drug-likeness (QED) is 0.475. The van der Waals surface area contributed by atoms with Gasteiger partial charge in [0.05, 0.1) is 4.88 Å². The van der Waals surface area contributed by atoms with Crippen LogP contribution in [-0.2, 0) is 0 Å². The van der Waals surface area contributed by atoms with Crippen molar-refractivity contribution in [2.45, 2.75) is 6.92 Å². The Balaban J connectivity index is 2.11. The van der Waals surface area contributed by atoms with Crippen LogP contribution in [0.4, 0.5) is 0 Å². The van der Waals surface area contributed by atoms with Crippen LogP contribution < -0.4 is 4.74 Å². The Morgan fingerprint density at radius 1 is 1.18 bits per heavy atom. The minimum absolute atomic E-state index is 0.424. The van der Waals surface area contributed by atoms with Crippen LogP contribution >= 0.6 is 11.3 Å². The molecule has 0 aliphatic heterocycles. The van der Waals surface area contributed by atoms with E-state index in [2.05, 4.69) is 0 Å². The first-order valence-electron chi connectivity index (χ1n) is 5.03. The summed E-state index contributed by atoms with van der Waals surface area (Å²) >= 11 is 1.12. The highest BCUT2D eigenvalue weighted by molar-refractivity contribution is 7.15. The lowest BCUT2D eigenvalue weighted by Gasteiger charge is -2.02. The molecule has 3 nitrogen and oxygen atoms in total. The highest BCUT2D eigenvalue weighted by atomic mass is 32.1. The molecule has 86 valence electrons. The Kier molecular flexibility index (Phi) is 3.35. The van der Waals surface area contributed by atoms with Crippen LogP contribution in [0.1, 0.15) is 24.9 Å². The largest absolute Gasteiger partial charge is 0.422 e. The van der Waals surface area contributed by atoms with Crippen molar-refractivity contribution in [1.82, 2.24) is 0 Å². The van der Waals surface area contributed by atoms with Crippen molar-refractivity contribution in [3.63, 3.8) is 0 Å². The fourth-order valence-electron chi connectivity index (χ4n) is 1.29. The van der Waals surface area contributed by atoms with Gasteiger partial charge < -0.3 is 4.74 Å². The lowest BCUT2D eigenvalue weighted by atomic mass is 10.2. The van der Waals surface area contributed by atoms with Gasteiger partial charge in [-0.3, -0.25) is 4.79 Å². The van der Waals surface area contributed by atoms with E-state index in [0.717, 1.165) is 16.9 Å². The molecule has 4 heteroatoms. The van der Waals surface area contributed by atoms with E-state index in [1.807, 2.05) is 19.1 Å². The number of rotatable bonds is 3. The number of carbonyl (C=O) groups excluding carboxylic acids is 2. The molecule has 0 saturated carbocycles. The van der Waals surface area contributed by atoms with Gasteiger partial charge in [-0.1, -0.05) is 17.7 Å². The molecule has 0 bridgehead atoms. The minimum Gasteiger partial charge on any atom is -0.422 e. The fraction of sp³-hybridized carbons (Fsp3) is 0.0769. The van der Waals surface area contributed by atoms with Crippen molar-refractivity contribution < 1.29 is 14.3 Å². The Morgan fingerprint density at radius 2 is 1.88 bits per heavy atom. The smallest absolute Gasteiger partial charge is 0.353 e. The van der Waals surface area contributed by atoms with Gasteiger partial charge in [-0.2, -0.15) is 0 Å². The molecule has 2 rings (SSSR count). The third-order valence-corrected chi connectivity index (χ3v) is 3.17. The maximum atomic E-state index is 11.7. The summed E-state index contributed by atoms with van der Waals surface area (Å²) in [5, 5.41) is 0. The lowest BCUT2D eigenvalue weighted by Crippen LogP contribution is -2.06. The number of carbonyl (C=O) groups is 2. The summed E-state index contributed by atoms with van der Waals surface area (Å²) < 4.78 is 5.17. The van der Waals surface area contributed by atoms with Gasteiger partial charge in [0.15, 0.2) is 6.29 Å². The van der Waals surface area contributed by atoms with E-state index in [9.17, 15) is 9.59 Å². The molecule has 1 heterocycles. The topological polar surface area (TPSA) is 43.4 Å². The van der Waals surface area contributed by atoms with Crippen LogP contribution in [0.3, 0.4) is 0 Å². The highest BCUT2D eigenvalue weighted by Gasteiger charge is 2.11. The van der Waals surface area contributed by atoms with Crippen LogP contribution in [0.5, 0.6) is 5.75 Å². The third-order valence-electron chi connectivity index (χ3n) is 2.18. The fourth-order valence-corrected chi connectivity index (χ4v) is 1.99. The summed E-state index contributed by atoms with van der Waals surface area (Å²) in [6.07, 6.45) is 0.716. The maximum absolute atomic E-state index is 11.7. The summed E-state index contributed by atoms with van der Waals surface area (Å²) in [6.45, 7) is 1.96. The van der Waals surface area contributed by atoms with E-state index in [1.54, 1.807) is 24.3 Å². The third kappa shape index (κ3) is 2.79. The lowest BCUT2D eigenvalue weighted by molar-refractivity contribution is 0.0739. The van der Waals surface area contributed by atoms with E-state index in [1.165, 1.54) is 0 Å². The Labute approximate surface area is 103 Å². The number of ether oxygens (including phenoxy) is 1. The Bertz CT molecular complexity index is 540. The molecular formula is C13H10O3S. The Hall–Kier alpha value is -1.94. The van der Waals surface area contributed by atoms with Crippen molar-refractivity contribution in [2.24, 2.45) is 0 Å². The van der Waals surface area contributed by atoms with Crippen LogP contribution in [-0.4, -0.2) is 12.3 Å². The van der Waals surface area contributed by atoms with Gasteiger partial charge in [0, 0.05) is 0 Å². The van der Waals surface area contributed by atoms with Gasteiger partial charge in [-0.05, 0) is 31.2 Å². The van der Waals surface area contributed by atoms with Crippen LogP contribution in [0.25, 0.3) is 0 Å². The number of hydrogen-bond donors (Lipinski definition) is 0. The predicted octanol–water partition coefficient (Wildman–Crippen LogP) is 3.09. The molecular weight excluding hydrogens is 236 g/mol. The summed E-state index contributed by atoms with van der Waals surface area (Å²) in [5.41, 5.74) is 1.10. The zero-order valence-electron chi connectivity index (χ0n) is 9.17. The second kappa shape index (κ2) is 4.93. The van der Waals surface area contributed by atoms with Crippen LogP contribution in [0.15, 0.2) is 36.4 Å². The average Bonchev–Trinajstić information content (AvgIpc) is 2.81. The first kappa shape index (κ1) is 11.5. The van der Waals surface area contributed by atoms with Gasteiger partial charge in [0.2, 0.25) is 0 Å². The molecule has 0 spiro atoms. The SMILES string of the molecule is Cc1ccc(OC(=O)c2ccc(C=O)s2)cc1. The van der Waals surface area contributed by atoms with Crippen molar-refractivity contribution in [1.29, 1.82) is 0 Å². The molecule has 0 aliphatic rings. The second-order valence-electron chi connectivity index (χ2n) is 3.52. The Morgan fingerprint density at radius 3 is 2.47 bits per heavy atom. The predicted molar refractivity (Wildman–Crippen MR) is 65.8 cm³/mol. The number of aryl methyl sites for hydroxylation is 1. The summed E-state index contributed by atoms with van der Waals surface area (Å²) in [7, 11) is 0. The molecule has 0 fully saturated rings. The molecule has 17 heavy (non-hydrogen) atoms. The van der Waals surface area contributed by atoms with Crippen molar-refractivity contribution >= 4 is 23.6 Å². The molecule has 1 aromatic heterocycles.